The summed E-state index contributed by atoms with van der Waals surface area (Å²) in [5.41, 5.74) is 2.91. The molecular formula is C37H66. The average Bonchev–Trinajstić information content (AvgIpc) is 2.91. The van der Waals surface area contributed by atoms with Gasteiger partial charge >= 0.3 is 0 Å². The van der Waals surface area contributed by atoms with Crippen molar-refractivity contribution in [2.45, 2.75) is 181 Å². The summed E-state index contributed by atoms with van der Waals surface area (Å²) in [6.07, 6.45) is 40.1. The predicted octanol–water partition coefficient (Wildman–Crippen LogP) is 13.3. The summed E-state index contributed by atoms with van der Waals surface area (Å²) in [6.45, 7) is 7.05. The van der Waals surface area contributed by atoms with E-state index in [2.05, 4.69) is 57.2 Å². The van der Waals surface area contributed by atoms with Crippen LogP contribution in [0, 0.1) is 5.92 Å². The lowest BCUT2D eigenvalue weighted by Crippen LogP contribution is -1.98. The molecule has 0 fully saturated rings. The van der Waals surface area contributed by atoms with E-state index < -0.39 is 0 Å². The number of aryl methyl sites for hydroxylation is 1. The third kappa shape index (κ3) is 22.6. The fourth-order valence-corrected chi connectivity index (χ4v) is 5.54. The van der Waals surface area contributed by atoms with Gasteiger partial charge in [0, 0.05) is 0 Å². The van der Waals surface area contributed by atoms with Crippen LogP contribution in [0.5, 0.6) is 0 Å². The molecular weight excluding hydrogens is 444 g/mol. The Balaban J connectivity index is 1.97. The summed E-state index contributed by atoms with van der Waals surface area (Å²) >= 11 is 0. The minimum Gasteiger partial charge on any atom is -0.0839 e. The molecule has 1 atom stereocenters. The van der Waals surface area contributed by atoms with E-state index in [0.717, 1.165) is 5.92 Å². The van der Waals surface area contributed by atoms with Crippen LogP contribution >= 0.6 is 0 Å². The van der Waals surface area contributed by atoms with Crippen molar-refractivity contribution in [3.05, 3.63) is 41.5 Å². The van der Waals surface area contributed by atoms with Gasteiger partial charge in [0.15, 0.2) is 0 Å². The first-order valence-corrected chi connectivity index (χ1v) is 17.0. The van der Waals surface area contributed by atoms with Crippen LogP contribution in [0.3, 0.4) is 0 Å². The Bertz CT molecular complexity index is 612. The SMILES string of the molecule is CCCCCCCCCCCCCCCCCC=Cc1cccc(CCC(C)CCCCCCCC)c1. The fourth-order valence-electron chi connectivity index (χ4n) is 5.54. The largest absolute Gasteiger partial charge is 0.0839 e. The van der Waals surface area contributed by atoms with Crippen LogP contribution in [0.1, 0.15) is 186 Å². The van der Waals surface area contributed by atoms with E-state index in [1.165, 1.54) is 172 Å². The highest BCUT2D eigenvalue weighted by molar-refractivity contribution is 5.50. The van der Waals surface area contributed by atoms with Crippen molar-refractivity contribution >= 4 is 6.08 Å². The highest BCUT2D eigenvalue weighted by Gasteiger charge is 2.03. The van der Waals surface area contributed by atoms with Crippen molar-refractivity contribution in [2.75, 3.05) is 0 Å². The Morgan fingerprint density at radius 2 is 1.05 bits per heavy atom. The third-order valence-electron chi connectivity index (χ3n) is 8.21. The third-order valence-corrected chi connectivity index (χ3v) is 8.21. The van der Waals surface area contributed by atoms with Crippen molar-refractivity contribution < 1.29 is 0 Å². The quantitative estimate of drug-likeness (QED) is 0.103. The average molecular weight is 511 g/mol. The lowest BCUT2D eigenvalue weighted by molar-refractivity contribution is 0.456. The number of allylic oxidation sites excluding steroid dienone is 1. The molecule has 1 unspecified atom stereocenters. The second-order valence-corrected chi connectivity index (χ2v) is 12.1. The van der Waals surface area contributed by atoms with Gasteiger partial charge in [0.1, 0.15) is 0 Å². The minimum atomic E-state index is 0.857. The molecule has 0 radical (unpaired) electrons. The van der Waals surface area contributed by atoms with Crippen molar-refractivity contribution in [2.24, 2.45) is 5.92 Å². The summed E-state index contributed by atoms with van der Waals surface area (Å²) < 4.78 is 0. The van der Waals surface area contributed by atoms with Crippen LogP contribution in [-0.4, -0.2) is 0 Å². The molecule has 0 amide bonds. The van der Waals surface area contributed by atoms with E-state index in [9.17, 15) is 0 Å². The van der Waals surface area contributed by atoms with Gasteiger partial charge in [-0.3, -0.25) is 0 Å². The van der Waals surface area contributed by atoms with Gasteiger partial charge in [-0.05, 0) is 42.7 Å². The number of benzene rings is 1. The van der Waals surface area contributed by atoms with Gasteiger partial charge < -0.3 is 0 Å². The molecule has 0 bridgehead atoms. The van der Waals surface area contributed by atoms with Crippen LogP contribution in [0.4, 0.5) is 0 Å². The summed E-state index contributed by atoms with van der Waals surface area (Å²) in [7, 11) is 0. The second-order valence-electron chi connectivity index (χ2n) is 12.1. The fraction of sp³-hybridized carbons (Fsp3) is 0.784. The van der Waals surface area contributed by atoms with E-state index in [0.29, 0.717) is 0 Å². The molecule has 0 aliphatic rings. The summed E-state index contributed by atoms with van der Waals surface area (Å²) in [5.74, 6) is 0.857. The monoisotopic (exact) mass is 511 g/mol. The molecule has 0 aliphatic carbocycles. The van der Waals surface area contributed by atoms with Gasteiger partial charge in [0.25, 0.3) is 0 Å². The molecule has 214 valence electrons. The maximum atomic E-state index is 2.45. The van der Waals surface area contributed by atoms with Crippen LogP contribution in [0.15, 0.2) is 30.3 Å². The molecule has 37 heavy (non-hydrogen) atoms. The first-order valence-electron chi connectivity index (χ1n) is 17.0. The molecule has 0 nitrogen and oxygen atoms in total. The van der Waals surface area contributed by atoms with Crippen LogP contribution in [0.25, 0.3) is 6.08 Å². The summed E-state index contributed by atoms with van der Waals surface area (Å²) in [6, 6.07) is 9.26. The molecule has 0 saturated heterocycles. The van der Waals surface area contributed by atoms with Gasteiger partial charge in [-0.25, -0.2) is 0 Å². The highest BCUT2D eigenvalue weighted by Crippen LogP contribution is 2.19. The molecule has 0 saturated carbocycles. The van der Waals surface area contributed by atoms with Crippen molar-refractivity contribution in [3.63, 3.8) is 0 Å². The van der Waals surface area contributed by atoms with Gasteiger partial charge in [0.2, 0.25) is 0 Å². The molecule has 0 heterocycles. The number of hydrogen-bond acceptors (Lipinski definition) is 0. The number of rotatable bonds is 27. The Hall–Kier alpha value is -1.04. The Kier molecular flexibility index (Phi) is 24.4. The smallest absolute Gasteiger partial charge is 0.0257 e. The zero-order valence-corrected chi connectivity index (χ0v) is 25.7. The zero-order valence-electron chi connectivity index (χ0n) is 25.7. The van der Waals surface area contributed by atoms with Gasteiger partial charge in [-0.1, -0.05) is 192 Å². The summed E-state index contributed by atoms with van der Waals surface area (Å²) in [4.78, 5) is 0. The van der Waals surface area contributed by atoms with E-state index >= 15 is 0 Å². The van der Waals surface area contributed by atoms with Crippen LogP contribution < -0.4 is 0 Å². The number of unbranched alkanes of at least 4 members (excludes halogenated alkanes) is 20. The predicted molar refractivity (Wildman–Crippen MR) is 170 cm³/mol. The van der Waals surface area contributed by atoms with E-state index in [-0.39, 0.29) is 0 Å². The van der Waals surface area contributed by atoms with Crippen molar-refractivity contribution in [1.82, 2.24) is 0 Å². The van der Waals surface area contributed by atoms with E-state index in [4.69, 9.17) is 0 Å². The molecule has 1 rings (SSSR count). The standard InChI is InChI=1S/C37H66/c1-4-6-8-10-12-13-14-15-16-17-18-19-20-21-22-24-26-29-36-30-27-31-37(34-36)33-32-35(3)28-25-23-11-9-7-5-2/h26-27,29-31,34-35H,4-25,28,32-33H2,1-3H3. The molecule has 0 heteroatoms. The Morgan fingerprint density at radius 3 is 1.59 bits per heavy atom. The first-order chi connectivity index (χ1) is 18.3. The summed E-state index contributed by atoms with van der Waals surface area (Å²) in [5, 5.41) is 0. The molecule has 0 N–H and O–H groups in total. The molecule has 0 spiro atoms. The van der Waals surface area contributed by atoms with E-state index in [1.807, 2.05) is 0 Å². The van der Waals surface area contributed by atoms with Gasteiger partial charge in [-0.15, -0.1) is 0 Å². The van der Waals surface area contributed by atoms with Gasteiger partial charge in [-0.2, -0.15) is 0 Å². The Labute approximate surface area is 234 Å². The molecule has 1 aromatic carbocycles. The number of hydrogen-bond donors (Lipinski definition) is 0. The normalized spacial score (nSPS) is 12.5. The zero-order chi connectivity index (χ0) is 26.7. The second kappa shape index (κ2) is 26.6. The van der Waals surface area contributed by atoms with Crippen LogP contribution in [0.2, 0.25) is 0 Å². The first kappa shape index (κ1) is 34.0. The lowest BCUT2D eigenvalue weighted by atomic mass is 9.95. The van der Waals surface area contributed by atoms with Crippen LogP contribution in [-0.2, 0) is 6.42 Å². The lowest BCUT2D eigenvalue weighted by Gasteiger charge is -2.11. The topological polar surface area (TPSA) is 0 Å². The van der Waals surface area contributed by atoms with Crippen molar-refractivity contribution in [3.8, 4) is 0 Å². The van der Waals surface area contributed by atoms with Crippen molar-refractivity contribution in [1.29, 1.82) is 0 Å². The molecule has 1 aromatic rings. The molecule has 0 aliphatic heterocycles. The highest BCUT2D eigenvalue weighted by atomic mass is 14.1. The van der Waals surface area contributed by atoms with E-state index in [1.54, 1.807) is 0 Å². The molecule has 0 aromatic heterocycles. The minimum absolute atomic E-state index is 0.857. The van der Waals surface area contributed by atoms with Gasteiger partial charge in [0.05, 0.1) is 0 Å². The Morgan fingerprint density at radius 1 is 0.568 bits per heavy atom. The maximum absolute atomic E-state index is 2.45. The maximum Gasteiger partial charge on any atom is -0.0257 e.